The molecule has 2 nitrogen and oxygen atoms in total. The molecule has 12 heavy (non-hydrogen) atoms. The smallest absolute Gasteiger partial charge is 0.0907 e. The number of hydrogen-bond acceptors (Lipinski definition) is 3. The zero-order valence-corrected chi connectivity index (χ0v) is 7.56. The zero-order valence-electron chi connectivity index (χ0n) is 6.74. The first-order valence-corrected chi connectivity index (χ1v) is 4.59. The van der Waals surface area contributed by atoms with E-state index in [2.05, 4.69) is 4.98 Å². The average Bonchev–Trinajstić information content (AvgIpc) is 2.44. The molecule has 0 aliphatic heterocycles. The van der Waals surface area contributed by atoms with E-state index < -0.39 is 0 Å². The van der Waals surface area contributed by atoms with Gasteiger partial charge in [0, 0.05) is 0 Å². The Kier molecular flexibility index (Phi) is 1.83. The number of fused-ring (bicyclic) bond motifs is 1. The van der Waals surface area contributed by atoms with E-state index >= 15 is 0 Å². The second kappa shape index (κ2) is 2.84. The van der Waals surface area contributed by atoms with Gasteiger partial charge in [0.1, 0.15) is 0 Å². The lowest BCUT2D eigenvalue weighted by Gasteiger charge is -1.94. The molecule has 3 heteroatoms. The first-order chi connectivity index (χ1) is 5.81. The van der Waals surface area contributed by atoms with Crippen molar-refractivity contribution < 1.29 is 5.11 Å². The molecule has 1 aromatic carbocycles. The van der Waals surface area contributed by atoms with Crippen LogP contribution >= 0.6 is 11.3 Å². The predicted molar refractivity (Wildman–Crippen MR) is 50.3 cm³/mol. The predicted octanol–water partition coefficient (Wildman–Crippen LogP) is 2.10. The van der Waals surface area contributed by atoms with E-state index in [1.165, 1.54) is 0 Å². The molecule has 1 N–H and O–H groups in total. The molecule has 0 saturated heterocycles. The topological polar surface area (TPSA) is 33.1 Å². The first kappa shape index (κ1) is 7.71. The molecule has 2 aromatic rings. The third-order valence-corrected chi connectivity index (χ3v) is 2.84. The summed E-state index contributed by atoms with van der Waals surface area (Å²) >= 11 is 1.63. The van der Waals surface area contributed by atoms with Crippen LogP contribution in [0.3, 0.4) is 0 Å². The maximum Gasteiger partial charge on any atom is 0.0907 e. The number of benzene rings is 1. The van der Waals surface area contributed by atoms with Crippen molar-refractivity contribution in [3.8, 4) is 0 Å². The van der Waals surface area contributed by atoms with Gasteiger partial charge in [0.2, 0.25) is 0 Å². The summed E-state index contributed by atoms with van der Waals surface area (Å²) in [7, 11) is 0. The van der Waals surface area contributed by atoms with Crippen LogP contribution in [-0.2, 0) is 6.61 Å². The maximum absolute atomic E-state index is 9.02. The number of hydrogen-bond donors (Lipinski definition) is 1. The molecular formula is C9H9NOS. The van der Waals surface area contributed by atoms with Crippen LogP contribution in [-0.4, -0.2) is 10.1 Å². The van der Waals surface area contributed by atoms with Crippen LogP contribution in [0.4, 0.5) is 0 Å². The van der Waals surface area contributed by atoms with Crippen LogP contribution in [0.2, 0.25) is 0 Å². The summed E-state index contributed by atoms with van der Waals surface area (Å²) in [5.41, 5.74) is 1.96. The molecule has 1 aromatic heterocycles. The highest BCUT2D eigenvalue weighted by molar-refractivity contribution is 7.18. The Balaban J connectivity index is 2.78. The minimum Gasteiger partial charge on any atom is -0.392 e. The van der Waals surface area contributed by atoms with E-state index in [4.69, 9.17) is 5.11 Å². The third kappa shape index (κ3) is 1.11. The molecular weight excluding hydrogens is 170 g/mol. The fourth-order valence-electron chi connectivity index (χ4n) is 1.24. The van der Waals surface area contributed by atoms with Crippen LogP contribution in [0.25, 0.3) is 10.2 Å². The van der Waals surface area contributed by atoms with Crippen molar-refractivity contribution in [3.63, 3.8) is 0 Å². The number of nitrogens with zero attached hydrogens (tertiary/aromatic N) is 1. The van der Waals surface area contributed by atoms with Gasteiger partial charge in [0.25, 0.3) is 0 Å². The van der Waals surface area contributed by atoms with Gasteiger partial charge in [-0.25, -0.2) is 4.98 Å². The molecule has 0 unspecified atom stereocenters. The largest absolute Gasteiger partial charge is 0.392 e. The SMILES string of the molecule is Cc1nc2cccc(CO)c2s1. The maximum atomic E-state index is 9.02. The fraction of sp³-hybridized carbons (Fsp3) is 0.222. The Morgan fingerprint density at radius 2 is 2.33 bits per heavy atom. The standard InChI is InChI=1S/C9H9NOS/c1-6-10-8-4-2-3-7(5-11)9(8)12-6/h2-4,11H,5H2,1H3. The Morgan fingerprint density at radius 3 is 3.08 bits per heavy atom. The van der Waals surface area contributed by atoms with Gasteiger partial charge in [-0.15, -0.1) is 11.3 Å². The summed E-state index contributed by atoms with van der Waals surface area (Å²) in [6, 6.07) is 5.82. The molecule has 0 bridgehead atoms. The first-order valence-electron chi connectivity index (χ1n) is 3.77. The van der Waals surface area contributed by atoms with Crippen LogP contribution < -0.4 is 0 Å². The van der Waals surface area contributed by atoms with Crippen molar-refractivity contribution in [1.29, 1.82) is 0 Å². The summed E-state index contributed by atoms with van der Waals surface area (Å²) < 4.78 is 1.11. The number of aromatic nitrogens is 1. The van der Waals surface area contributed by atoms with Crippen LogP contribution in [0.5, 0.6) is 0 Å². The third-order valence-electron chi connectivity index (χ3n) is 1.77. The molecule has 0 aliphatic carbocycles. The molecule has 0 radical (unpaired) electrons. The minimum absolute atomic E-state index is 0.0962. The fourth-order valence-corrected chi connectivity index (χ4v) is 2.16. The number of thiazole rings is 1. The molecule has 1 heterocycles. The van der Waals surface area contributed by atoms with E-state index in [0.29, 0.717) is 0 Å². The zero-order chi connectivity index (χ0) is 8.55. The summed E-state index contributed by atoms with van der Waals surface area (Å²) in [5, 5.41) is 10.1. The minimum atomic E-state index is 0.0962. The van der Waals surface area contributed by atoms with E-state index in [-0.39, 0.29) is 6.61 Å². The van der Waals surface area contributed by atoms with Crippen molar-refractivity contribution in [3.05, 3.63) is 28.8 Å². The lowest BCUT2D eigenvalue weighted by atomic mass is 10.2. The van der Waals surface area contributed by atoms with Gasteiger partial charge >= 0.3 is 0 Å². The van der Waals surface area contributed by atoms with Crippen molar-refractivity contribution in [2.24, 2.45) is 0 Å². The van der Waals surface area contributed by atoms with Gasteiger partial charge in [-0.1, -0.05) is 12.1 Å². The van der Waals surface area contributed by atoms with Gasteiger partial charge in [0.15, 0.2) is 0 Å². The van der Waals surface area contributed by atoms with Crippen LogP contribution in [0, 0.1) is 6.92 Å². The highest BCUT2D eigenvalue weighted by Crippen LogP contribution is 2.24. The van der Waals surface area contributed by atoms with Gasteiger partial charge in [-0.05, 0) is 18.6 Å². The number of aliphatic hydroxyl groups is 1. The molecule has 62 valence electrons. The summed E-state index contributed by atoms with van der Waals surface area (Å²) in [5.74, 6) is 0. The molecule has 0 fully saturated rings. The van der Waals surface area contributed by atoms with Crippen molar-refractivity contribution in [2.75, 3.05) is 0 Å². The Bertz CT molecular complexity index is 408. The van der Waals surface area contributed by atoms with Crippen LogP contribution in [0.15, 0.2) is 18.2 Å². The number of aryl methyl sites for hydroxylation is 1. The Labute approximate surface area is 74.5 Å². The highest BCUT2D eigenvalue weighted by Gasteiger charge is 2.03. The number of aliphatic hydroxyl groups excluding tert-OH is 1. The molecule has 0 amide bonds. The second-order valence-corrected chi connectivity index (χ2v) is 3.86. The molecule has 0 saturated carbocycles. The van der Waals surface area contributed by atoms with Gasteiger partial charge in [-0.2, -0.15) is 0 Å². The van der Waals surface area contributed by atoms with Gasteiger partial charge in [0.05, 0.1) is 21.8 Å². The summed E-state index contributed by atoms with van der Waals surface area (Å²) in [4.78, 5) is 4.33. The molecule has 0 atom stereocenters. The second-order valence-electron chi connectivity index (χ2n) is 2.66. The quantitative estimate of drug-likeness (QED) is 0.727. The van der Waals surface area contributed by atoms with E-state index in [1.807, 2.05) is 25.1 Å². The van der Waals surface area contributed by atoms with Gasteiger partial charge in [-0.3, -0.25) is 0 Å². The lowest BCUT2D eigenvalue weighted by molar-refractivity contribution is 0.283. The van der Waals surface area contributed by atoms with E-state index in [0.717, 1.165) is 20.8 Å². The van der Waals surface area contributed by atoms with E-state index in [1.54, 1.807) is 11.3 Å². The van der Waals surface area contributed by atoms with E-state index in [9.17, 15) is 0 Å². The summed E-state index contributed by atoms with van der Waals surface area (Å²) in [6.07, 6.45) is 0. The highest BCUT2D eigenvalue weighted by atomic mass is 32.1. The van der Waals surface area contributed by atoms with Crippen molar-refractivity contribution in [1.82, 2.24) is 4.98 Å². The molecule has 0 spiro atoms. The van der Waals surface area contributed by atoms with Crippen LogP contribution in [0.1, 0.15) is 10.6 Å². The monoisotopic (exact) mass is 179 g/mol. The van der Waals surface area contributed by atoms with Crippen molar-refractivity contribution in [2.45, 2.75) is 13.5 Å². The average molecular weight is 179 g/mol. The van der Waals surface area contributed by atoms with Gasteiger partial charge < -0.3 is 5.11 Å². The molecule has 2 rings (SSSR count). The Morgan fingerprint density at radius 1 is 1.50 bits per heavy atom. The summed E-state index contributed by atoms with van der Waals surface area (Å²) in [6.45, 7) is 2.07. The Hall–Kier alpha value is -0.930. The van der Waals surface area contributed by atoms with Crippen molar-refractivity contribution >= 4 is 21.6 Å². The number of rotatable bonds is 1. The molecule has 0 aliphatic rings. The normalized spacial score (nSPS) is 10.8. The lowest BCUT2D eigenvalue weighted by Crippen LogP contribution is -1.81.